The first-order chi connectivity index (χ1) is 38.8. The molecule has 0 unspecified atom stereocenters. The van der Waals surface area contributed by atoms with E-state index in [1.807, 2.05) is 72.8 Å². The summed E-state index contributed by atoms with van der Waals surface area (Å²) in [6.45, 7) is 0.570. The van der Waals surface area contributed by atoms with E-state index in [4.69, 9.17) is 9.47 Å². The summed E-state index contributed by atoms with van der Waals surface area (Å²) in [6, 6.07) is 90.7. The predicted molar refractivity (Wildman–Crippen MR) is 316 cm³/mol. The highest BCUT2D eigenvalue weighted by Gasteiger charge is 2.46. The summed E-state index contributed by atoms with van der Waals surface area (Å²) in [7, 11) is 0. The van der Waals surface area contributed by atoms with Crippen LogP contribution in [0, 0.1) is 0 Å². The molecule has 0 fully saturated rings. The van der Waals surface area contributed by atoms with Crippen molar-refractivity contribution in [3.05, 3.63) is 311 Å². The van der Waals surface area contributed by atoms with Crippen molar-refractivity contribution in [2.45, 2.75) is 18.6 Å². The van der Waals surface area contributed by atoms with Crippen molar-refractivity contribution < 1.29 is 29.3 Å². The lowest BCUT2D eigenvalue weighted by atomic mass is 9.67. The highest BCUT2D eigenvalue weighted by molar-refractivity contribution is 6.01. The molecular weight excluding hydrogens is 973 g/mol. The topological polar surface area (TPSA) is 93.1 Å². The maximum absolute atomic E-state index is 12.1. The number of ether oxygens (including phenoxy) is 2. The molecule has 0 saturated heterocycles. The lowest BCUT2D eigenvalue weighted by Gasteiger charge is -2.35. The lowest BCUT2D eigenvalue weighted by Crippen LogP contribution is -2.28. The van der Waals surface area contributed by atoms with Crippen LogP contribution in [0.25, 0.3) is 77.2 Å². The van der Waals surface area contributed by atoms with E-state index in [0.717, 1.165) is 88.7 Å². The van der Waals surface area contributed by atoms with Gasteiger partial charge in [-0.05, 0) is 136 Å². The van der Waals surface area contributed by atoms with E-state index in [1.165, 1.54) is 22.3 Å². The van der Waals surface area contributed by atoms with Crippen LogP contribution in [0.15, 0.2) is 267 Å². The second-order valence-electron chi connectivity index (χ2n) is 20.0. The van der Waals surface area contributed by atoms with E-state index in [2.05, 4.69) is 170 Å². The lowest BCUT2D eigenvalue weighted by molar-refractivity contribution is 0.0687. The molecule has 0 spiro atoms. The Bertz CT molecular complexity index is 4040. The standard InChI is InChI=1S/C73H50O6/c74-71(75)63-25-7-5-21-57(63)51-35-31-47(32-36-51)45-78-69-41-39-53(43-65(69)59-27-13-17-49-15-1-3-19-55(49)59)73(67-29-11-9-23-61(67)62-24-10-12-30-68(62)73)54-40-42-70(66(44-54)60-28-14-18-50-16-2-4-20-56(50)60)79-46-48-33-37-52(38-34-48)58-22-6-8-26-64(58)72(76)77/h1-44H,45-46H2,(H,74,75)(H,76,77). The van der Waals surface area contributed by atoms with Crippen LogP contribution in [-0.2, 0) is 18.6 Å². The Morgan fingerprint density at radius 3 is 1.11 bits per heavy atom. The molecule has 0 atom stereocenters. The molecule has 0 amide bonds. The van der Waals surface area contributed by atoms with E-state index < -0.39 is 17.4 Å². The number of carbonyl (C=O) groups is 2. The Balaban J connectivity index is 0.962. The fourth-order valence-electron chi connectivity index (χ4n) is 11.9. The number of hydrogen-bond donors (Lipinski definition) is 2. The van der Waals surface area contributed by atoms with Crippen LogP contribution < -0.4 is 9.47 Å². The second-order valence-corrected chi connectivity index (χ2v) is 20.0. The Hall–Kier alpha value is -10.3. The van der Waals surface area contributed by atoms with E-state index in [1.54, 1.807) is 24.3 Å². The van der Waals surface area contributed by atoms with Crippen LogP contribution in [0.1, 0.15) is 54.1 Å². The monoisotopic (exact) mass is 1020 g/mol. The van der Waals surface area contributed by atoms with E-state index in [9.17, 15) is 19.8 Å². The molecule has 1 aliphatic rings. The summed E-state index contributed by atoms with van der Waals surface area (Å²) in [5.74, 6) is -0.465. The van der Waals surface area contributed by atoms with Gasteiger partial charge in [0.05, 0.1) is 16.5 Å². The van der Waals surface area contributed by atoms with Crippen molar-refractivity contribution in [2.24, 2.45) is 0 Å². The van der Waals surface area contributed by atoms with Crippen LogP contribution in [0.2, 0.25) is 0 Å². The SMILES string of the molecule is O=C(O)c1ccccc1-c1ccc(COc2ccc(C3(c4ccc(OCc5ccc(-c6ccccc6C(=O)O)cc5)c(-c5cccc6ccccc56)c4)c4ccccc4-c4ccccc43)cc2-c2cccc3ccccc23)cc1. The Kier molecular flexibility index (Phi) is 12.4. The third-order valence-corrected chi connectivity index (χ3v) is 15.6. The maximum atomic E-state index is 12.1. The summed E-state index contributed by atoms with van der Waals surface area (Å²) >= 11 is 0. The van der Waals surface area contributed by atoms with E-state index in [-0.39, 0.29) is 24.3 Å². The van der Waals surface area contributed by atoms with Gasteiger partial charge >= 0.3 is 11.9 Å². The molecule has 13 rings (SSSR count). The number of fused-ring (bicyclic) bond motifs is 5. The zero-order valence-corrected chi connectivity index (χ0v) is 42.8. The van der Waals surface area contributed by atoms with Gasteiger partial charge in [-0.15, -0.1) is 0 Å². The predicted octanol–water partition coefficient (Wildman–Crippen LogP) is 17.6. The molecule has 12 aromatic carbocycles. The summed E-state index contributed by atoms with van der Waals surface area (Å²) in [4.78, 5) is 24.2. The number of rotatable bonds is 14. The average molecular weight is 1020 g/mol. The van der Waals surface area contributed by atoms with E-state index in [0.29, 0.717) is 11.1 Å². The van der Waals surface area contributed by atoms with Crippen molar-refractivity contribution >= 4 is 33.5 Å². The minimum Gasteiger partial charge on any atom is -0.488 e. The van der Waals surface area contributed by atoms with E-state index >= 15 is 0 Å². The minimum absolute atomic E-state index is 0.257. The van der Waals surface area contributed by atoms with Crippen LogP contribution in [0.5, 0.6) is 11.5 Å². The molecule has 0 bridgehead atoms. The van der Waals surface area contributed by atoms with Gasteiger partial charge in [0.2, 0.25) is 0 Å². The molecule has 2 N–H and O–H groups in total. The molecule has 6 nitrogen and oxygen atoms in total. The zero-order chi connectivity index (χ0) is 53.5. The first-order valence-electron chi connectivity index (χ1n) is 26.4. The van der Waals surface area contributed by atoms with Gasteiger partial charge in [-0.1, -0.05) is 231 Å². The molecule has 0 heterocycles. The van der Waals surface area contributed by atoms with Gasteiger partial charge in [-0.3, -0.25) is 0 Å². The number of aromatic carboxylic acids is 2. The minimum atomic E-state index is -0.964. The van der Waals surface area contributed by atoms with Gasteiger partial charge in [-0.25, -0.2) is 9.59 Å². The molecule has 0 aliphatic heterocycles. The molecule has 0 saturated carbocycles. The first-order valence-corrected chi connectivity index (χ1v) is 26.4. The third kappa shape index (κ3) is 8.66. The molecular formula is C73H50O6. The molecule has 0 aromatic heterocycles. The summed E-state index contributed by atoms with van der Waals surface area (Å²) in [6.07, 6.45) is 0. The fraction of sp³-hybridized carbons (Fsp3) is 0.0411. The molecule has 378 valence electrons. The van der Waals surface area contributed by atoms with Crippen LogP contribution >= 0.6 is 0 Å². The zero-order valence-electron chi connectivity index (χ0n) is 42.8. The Morgan fingerprint density at radius 1 is 0.329 bits per heavy atom. The van der Waals surface area contributed by atoms with Crippen molar-refractivity contribution in [1.29, 1.82) is 0 Å². The second kappa shape index (κ2) is 20.3. The number of carboxylic acids is 2. The number of carboxylic acid groups (broad SMARTS) is 2. The Morgan fingerprint density at radius 2 is 0.684 bits per heavy atom. The van der Waals surface area contributed by atoms with Gasteiger partial charge in [0.15, 0.2) is 0 Å². The summed E-state index contributed by atoms with van der Waals surface area (Å²) in [5, 5.41) is 24.3. The number of benzene rings is 12. The highest BCUT2D eigenvalue weighted by atomic mass is 16.5. The fourth-order valence-corrected chi connectivity index (χ4v) is 11.9. The molecule has 12 aromatic rings. The van der Waals surface area contributed by atoms with Crippen LogP contribution in [0.3, 0.4) is 0 Å². The van der Waals surface area contributed by atoms with Crippen molar-refractivity contribution in [1.82, 2.24) is 0 Å². The first kappa shape index (κ1) is 48.3. The quantitative estimate of drug-likeness (QED) is 0.113. The number of hydrogen-bond acceptors (Lipinski definition) is 4. The summed E-state index contributed by atoms with van der Waals surface area (Å²) < 4.78 is 13.9. The van der Waals surface area contributed by atoms with Gasteiger partial charge < -0.3 is 19.7 Å². The normalized spacial score (nSPS) is 12.2. The van der Waals surface area contributed by atoms with Crippen LogP contribution in [0.4, 0.5) is 0 Å². The summed E-state index contributed by atoms with van der Waals surface area (Å²) in [5.41, 5.74) is 15.4. The molecule has 0 radical (unpaired) electrons. The average Bonchev–Trinajstić information content (AvgIpc) is 4.07. The van der Waals surface area contributed by atoms with Gasteiger partial charge in [0.25, 0.3) is 0 Å². The largest absolute Gasteiger partial charge is 0.488 e. The highest BCUT2D eigenvalue weighted by Crippen LogP contribution is 2.58. The van der Waals surface area contributed by atoms with Gasteiger partial charge in [0, 0.05) is 11.1 Å². The third-order valence-electron chi connectivity index (χ3n) is 15.6. The van der Waals surface area contributed by atoms with Crippen molar-refractivity contribution in [3.63, 3.8) is 0 Å². The molecule has 1 aliphatic carbocycles. The smallest absolute Gasteiger partial charge is 0.336 e. The molecule has 6 heteroatoms. The maximum Gasteiger partial charge on any atom is 0.336 e. The van der Waals surface area contributed by atoms with Crippen molar-refractivity contribution in [3.8, 4) is 67.1 Å². The van der Waals surface area contributed by atoms with Crippen LogP contribution in [-0.4, -0.2) is 22.2 Å². The van der Waals surface area contributed by atoms with Gasteiger partial charge in [-0.2, -0.15) is 0 Å². The Labute approximate surface area is 457 Å². The molecule has 79 heavy (non-hydrogen) atoms. The van der Waals surface area contributed by atoms with Crippen molar-refractivity contribution in [2.75, 3.05) is 0 Å². The van der Waals surface area contributed by atoms with Gasteiger partial charge in [0.1, 0.15) is 24.7 Å².